The number of hydrogen-bond donors (Lipinski definition) is 0. The largest absolute Gasteiger partial charge is 0.468 e. The van der Waals surface area contributed by atoms with Gasteiger partial charge in [0.25, 0.3) is 0 Å². The number of nitrogens with zero attached hydrogens (tertiary/aromatic N) is 6. The van der Waals surface area contributed by atoms with E-state index in [0.29, 0.717) is 70.7 Å². The topological polar surface area (TPSA) is 102 Å². The molecule has 1 aliphatic carbocycles. The number of aromatic nitrogens is 3. The molecular weight excluding hydrogens is 812 g/mol. The molecule has 13 heteroatoms. The average Bonchev–Trinajstić information content (AvgIpc) is 3.70. The molecule has 336 valence electrons. The third-order valence-electron chi connectivity index (χ3n) is 15.1. The van der Waals surface area contributed by atoms with Gasteiger partial charge in [0.1, 0.15) is 43.1 Å². The lowest BCUT2D eigenvalue weighted by Gasteiger charge is -2.44. The molecule has 4 saturated heterocycles. The van der Waals surface area contributed by atoms with Gasteiger partial charge in [-0.15, -0.1) is 5.54 Å². The Bertz CT molecular complexity index is 2430. The van der Waals surface area contributed by atoms with E-state index >= 15 is 4.39 Å². The van der Waals surface area contributed by atoms with E-state index in [4.69, 9.17) is 33.9 Å². The van der Waals surface area contributed by atoms with Gasteiger partial charge in [-0.2, -0.15) is 9.97 Å². The molecule has 9 rings (SSSR count). The van der Waals surface area contributed by atoms with E-state index in [2.05, 4.69) is 62.8 Å². The van der Waals surface area contributed by atoms with Gasteiger partial charge >= 0.3 is 12.1 Å². The van der Waals surface area contributed by atoms with Crippen LogP contribution in [-0.4, -0.2) is 109 Å². The standard InChI is InChI=1S/C50H65FN6O5Si/c1-30(2)63(31(3)4,32(5)6)21-16-33-14-11-15-34-22-35(61-29-59-10)23-38(42(33)34)44-43(51)45-39(25-52-44)46(54-47(53-45)60-28-50-17-12-19-56(50)20-13-18-50)55-26-40-36-24-37(36)41(27-55)57(40)48(58)62-49(7,8)9/h11,14-15,22-23,25,30-32,36-37,40-41H,12-13,17-20,24,26-29H2,1-10H3/t36-,37+,40-,41+. The molecule has 0 radical (unpaired) electrons. The molecule has 4 aromatic rings. The second kappa shape index (κ2) is 16.5. The summed E-state index contributed by atoms with van der Waals surface area (Å²) in [4.78, 5) is 35.2. The molecule has 0 spiro atoms. The van der Waals surface area contributed by atoms with Crippen molar-refractivity contribution < 1.29 is 28.1 Å². The second-order valence-corrected chi connectivity index (χ2v) is 26.4. The van der Waals surface area contributed by atoms with Crippen molar-refractivity contribution in [3.63, 3.8) is 0 Å². The maximum absolute atomic E-state index is 17.9. The summed E-state index contributed by atoms with van der Waals surface area (Å²) in [6.07, 6.45) is 6.92. The number of amides is 1. The molecule has 1 amide bonds. The maximum Gasteiger partial charge on any atom is 0.410 e. The third kappa shape index (κ3) is 7.71. The highest BCUT2D eigenvalue weighted by Gasteiger charge is 2.63. The SMILES string of the molecule is COCOc1cc(-c2ncc3c(N4C[C@@H]5[C@@H]6C[C@@H]6[C@H](C4)N5C(=O)OC(C)(C)C)nc(OCC45CCCN4CCC5)nc3c2F)c2c(C#C[Si](C(C)C)(C(C)C)C(C)C)cccc2c1. The second-order valence-electron chi connectivity index (χ2n) is 20.8. The van der Waals surface area contributed by atoms with Gasteiger partial charge in [-0.1, -0.05) is 59.6 Å². The van der Waals surface area contributed by atoms with E-state index in [1.54, 1.807) is 13.3 Å². The molecule has 63 heavy (non-hydrogen) atoms. The molecule has 2 bridgehead atoms. The van der Waals surface area contributed by atoms with E-state index in [1.807, 2.05) is 56.0 Å². The fraction of sp³-hybridized carbons (Fsp3) is 0.600. The van der Waals surface area contributed by atoms with Crippen LogP contribution in [0.3, 0.4) is 0 Å². The minimum atomic E-state index is -2.11. The zero-order valence-electron chi connectivity index (χ0n) is 38.9. The van der Waals surface area contributed by atoms with Gasteiger partial charge < -0.3 is 23.8 Å². The Hall–Kier alpha value is -4.51. The summed E-state index contributed by atoms with van der Waals surface area (Å²) in [5.41, 5.74) is 6.26. The first kappa shape index (κ1) is 43.7. The molecule has 2 aromatic carbocycles. The van der Waals surface area contributed by atoms with Crippen molar-refractivity contribution in [1.29, 1.82) is 0 Å². The van der Waals surface area contributed by atoms with Crippen molar-refractivity contribution in [2.45, 2.75) is 134 Å². The zero-order valence-corrected chi connectivity index (χ0v) is 39.9. The average molecular weight is 877 g/mol. The maximum atomic E-state index is 17.9. The highest BCUT2D eigenvalue weighted by Crippen LogP contribution is 2.57. The van der Waals surface area contributed by atoms with Crippen molar-refractivity contribution in [1.82, 2.24) is 24.8 Å². The first-order chi connectivity index (χ1) is 30.0. The smallest absolute Gasteiger partial charge is 0.410 e. The summed E-state index contributed by atoms with van der Waals surface area (Å²) in [5, 5.41) is 2.17. The first-order valence-corrected chi connectivity index (χ1v) is 25.5. The number of halogens is 1. The van der Waals surface area contributed by atoms with Gasteiger partial charge in [-0.25, -0.2) is 9.18 Å². The summed E-state index contributed by atoms with van der Waals surface area (Å²) in [5.74, 6) is 5.02. The molecule has 4 atom stereocenters. The van der Waals surface area contributed by atoms with Crippen LogP contribution in [-0.2, 0) is 9.47 Å². The van der Waals surface area contributed by atoms with Crippen LogP contribution in [0.4, 0.5) is 15.0 Å². The van der Waals surface area contributed by atoms with Gasteiger partial charge in [0.05, 0.1) is 23.0 Å². The highest BCUT2D eigenvalue weighted by atomic mass is 28.3. The molecule has 5 fully saturated rings. The summed E-state index contributed by atoms with van der Waals surface area (Å²) in [6.45, 7) is 23.3. The predicted octanol–water partition coefficient (Wildman–Crippen LogP) is 9.99. The molecule has 0 unspecified atom stereocenters. The summed E-state index contributed by atoms with van der Waals surface area (Å²) >= 11 is 0. The molecule has 0 N–H and O–H groups in total. The summed E-state index contributed by atoms with van der Waals surface area (Å²) in [6, 6.07) is 9.92. The van der Waals surface area contributed by atoms with Crippen molar-refractivity contribution in [2.75, 3.05) is 51.6 Å². The van der Waals surface area contributed by atoms with Crippen molar-refractivity contribution >= 4 is 41.7 Å². The van der Waals surface area contributed by atoms with Crippen LogP contribution in [0.5, 0.6) is 11.8 Å². The van der Waals surface area contributed by atoms with Gasteiger partial charge in [-0.3, -0.25) is 14.8 Å². The quantitative estimate of drug-likeness (QED) is 0.0822. The number of anilines is 1. The zero-order chi connectivity index (χ0) is 44.6. The van der Waals surface area contributed by atoms with E-state index in [-0.39, 0.29) is 47.7 Å². The van der Waals surface area contributed by atoms with Gasteiger partial charge in [0, 0.05) is 42.9 Å². The number of carbonyl (C=O) groups excluding carboxylic acids is 1. The van der Waals surface area contributed by atoms with Crippen LogP contribution >= 0.6 is 0 Å². The number of pyridine rings is 1. The lowest BCUT2D eigenvalue weighted by Crippen LogP contribution is -2.59. The minimum absolute atomic E-state index is 0.0322. The Morgan fingerprint density at radius 1 is 0.968 bits per heavy atom. The van der Waals surface area contributed by atoms with Crippen LogP contribution in [0.15, 0.2) is 36.5 Å². The van der Waals surface area contributed by atoms with Crippen molar-refractivity contribution in [3.05, 3.63) is 47.9 Å². The van der Waals surface area contributed by atoms with Crippen molar-refractivity contribution in [3.8, 4) is 34.5 Å². The Balaban J connectivity index is 1.18. The number of hydrogen-bond acceptors (Lipinski definition) is 10. The molecule has 2 aromatic heterocycles. The van der Waals surface area contributed by atoms with Gasteiger partial charge in [0.2, 0.25) is 0 Å². The Morgan fingerprint density at radius 2 is 1.65 bits per heavy atom. The minimum Gasteiger partial charge on any atom is -0.468 e. The normalized spacial score (nSPS) is 22.8. The number of carbonyl (C=O) groups is 1. The van der Waals surface area contributed by atoms with E-state index in [9.17, 15) is 4.79 Å². The number of rotatable bonds is 11. The number of piperidine rings is 1. The fourth-order valence-corrected chi connectivity index (χ4v) is 17.4. The van der Waals surface area contributed by atoms with Crippen LogP contribution < -0.4 is 14.4 Å². The number of benzene rings is 2. The summed E-state index contributed by atoms with van der Waals surface area (Å²) in [7, 11) is -0.536. The van der Waals surface area contributed by atoms with Crippen LogP contribution in [0, 0.1) is 29.1 Å². The highest BCUT2D eigenvalue weighted by molar-refractivity contribution is 6.90. The first-order valence-electron chi connectivity index (χ1n) is 23.3. The van der Waals surface area contributed by atoms with Crippen LogP contribution in [0.25, 0.3) is 32.9 Å². The van der Waals surface area contributed by atoms with Gasteiger partial charge in [0.15, 0.2) is 12.6 Å². The van der Waals surface area contributed by atoms with Gasteiger partial charge in [-0.05, 0) is 118 Å². The van der Waals surface area contributed by atoms with Crippen molar-refractivity contribution in [2.24, 2.45) is 11.8 Å². The Kier molecular flexibility index (Phi) is 11.4. The molecular formula is C50H65FN6O5Si. The number of fused-ring (bicyclic) bond motifs is 8. The fourth-order valence-electron chi connectivity index (χ4n) is 12.2. The lowest BCUT2D eigenvalue weighted by atomic mass is 9.95. The monoisotopic (exact) mass is 876 g/mol. The molecule has 6 heterocycles. The molecule has 11 nitrogen and oxygen atoms in total. The number of methoxy groups -OCH3 is 1. The molecule has 1 saturated carbocycles. The van der Waals surface area contributed by atoms with E-state index in [1.165, 1.54) is 0 Å². The lowest BCUT2D eigenvalue weighted by molar-refractivity contribution is 0.00675. The molecule has 5 aliphatic rings. The summed E-state index contributed by atoms with van der Waals surface area (Å²) < 4.78 is 41.8. The third-order valence-corrected chi connectivity index (χ3v) is 21.4. The number of piperazine rings is 1. The van der Waals surface area contributed by atoms with Crippen LogP contribution in [0.1, 0.15) is 100.0 Å². The van der Waals surface area contributed by atoms with E-state index in [0.717, 1.165) is 61.5 Å². The van der Waals surface area contributed by atoms with Crippen LogP contribution in [0.2, 0.25) is 16.6 Å². The Morgan fingerprint density at radius 3 is 2.29 bits per heavy atom. The Labute approximate surface area is 373 Å². The number of ether oxygens (including phenoxy) is 4. The predicted molar refractivity (Wildman–Crippen MR) is 248 cm³/mol. The molecule has 4 aliphatic heterocycles. The van der Waals surface area contributed by atoms with E-state index < -0.39 is 19.5 Å².